The van der Waals surface area contributed by atoms with Crippen molar-refractivity contribution in [1.82, 2.24) is 0 Å². The summed E-state index contributed by atoms with van der Waals surface area (Å²) in [5.74, 6) is 0. The second kappa shape index (κ2) is 4.57. The quantitative estimate of drug-likeness (QED) is 0.477. The summed E-state index contributed by atoms with van der Waals surface area (Å²) >= 11 is 7.70. The molecule has 0 aliphatic carbocycles. The van der Waals surface area contributed by atoms with Crippen molar-refractivity contribution >= 4 is 39.9 Å². The zero-order valence-electron chi connectivity index (χ0n) is 6.83. The van der Waals surface area contributed by atoms with Crippen molar-refractivity contribution < 1.29 is 4.92 Å². The van der Waals surface area contributed by atoms with E-state index in [2.05, 4.69) is 0 Å². The lowest BCUT2D eigenvalue weighted by atomic mass is 10.1. The first-order valence-corrected chi connectivity index (χ1v) is 5.01. The van der Waals surface area contributed by atoms with Gasteiger partial charge in [-0.15, -0.1) is 0 Å². The second-order valence-corrected chi connectivity index (χ2v) is 4.06. The van der Waals surface area contributed by atoms with Crippen LogP contribution < -0.4 is 0 Å². The molecule has 1 aromatic carbocycles. The number of nitro benzene ring substituents is 1. The molecule has 0 heterocycles. The van der Waals surface area contributed by atoms with Crippen LogP contribution in [0.2, 0.25) is 5.02 Å². The highest BCUT2D eigenvalue weighted by Gasteiger charge is 2.15. The van der Waals surface area contributed by atoms with Gasteiger partial charge < -0.3 is 0 Å². The van der Waals surface area contributed by atoms with E-state index in [9.17, 15) is 10.1 Å². The minimum absolute atomic E-state index is 0.0173. The van der Waals surface area contributed by atoms with Gasteiger partial charge in [0.25, 0.3) is 5.69 Å². The Morgan fingerprint density at radius 2 is 2.29 bits per heavy atom. The third-order valence-corrected chi connectivity index (χ3v) is 3.11. The summed E-state index contributed by atoms with van der Waals surface area (Å²) in [6.45, 7) is 0. The number of nitrogens with zero attached hydrogens (tertiary/aromatic N) is 2. The van der Waals surface area contributed by atoms with Crippen molar-refractivity contribution in [3.05, 3.63) is 36.4 Å². The van der Waals surface area contributed by atoms with Crippen LogP contribution in [0.5, 0.6) is 0 Å². The number of benzene rings is 1. The maximum Gasteiger partial charge on any atom is 0.275 e. The number of hydrogen-bond donors (Lipinski definition) is 0. The summed E-state index contributed by atoms with van der Waals surface area (Å²) in [6, 6.07) is 4.71. The SMILES string of the molecule is N#CCc1cc(I)c(Cl)cc1[N+](=O)[O-]. The Morgan fingerprint density at radius 3 is 2.79 bits per heavy atom. The second-order valence-electron chi connectivity index (χ2n) is 2.49. The van der Waals surface area contributed by atoms with Crippen LogP contribution in [0.15, 0.2) is 12.1 Å². The van der Waals surface area contributed by atoms with Crippen LogP contribution in [0, 0.1) is 25.0 Å². The van der Waals surface area contributed by atoms with E-state index < -0.39 is 4.92 Å². The zero-order chi connectivity index (χ0) is 10.7. The van der Waals surface area contributed by atoms with Gasteiger partial charge in [0.1, 0.15) is 0 Å². The topological polar surface area (TPSA) is 66.9 Å². The maximum atomic E-state index is 10.6. The fraction of sp³-hybridized carbons (Fsp3) is 0.125. The maximum absolute atomic E-state index is 10.6. The largest absolute Gasteiger partial charge is 0.275 e. The molecule has 0 saturated heterocycles. The summed E-state index contributed by atoms with van der Waals surface area (Å²) in [7, 11) is 0. The van der Waals surface area contributed by atoms with Gasteiger partial charge in [0.15, 0.2) is 0 Å². The predicted molar refractivity (Wildman–Crippen MR) is 60.1 cm³/mol. The molecular formula is C8H4ClIN2O2. The number of nitriles is 1. The van der Waals surface area contributed by atoms with Crippen molar-refractivity contribution in [2.45, 2.75) is 6.42 Å². The van der Waals surface area contributed by atoms with Crippen LogP contribution in [0.3, 0.4) is 0 Å². The molecule has 0 aliphatic heterocycles. The van der Waals surface area contributed by atoms with Crippen LogP contribution in [0.1, 0.15) is 5.56 Å². The van der Waals surface area contributed by atoms with Gasteiger partial charge >= 0.3 is 0 Å². The molecule has 0 saturated carbocycles. The molecule has 0 fully saturated rings. The van der Waals surface area contributed by atoms with Gasteiger partial charge in [-0.3, -0.25) is 10.1 Å². The van der Waals surface area contributed by atoms with Crippen molar-refractivity contribution in [3.63, 3.8) is 0 Å². The van der Waals surface area contributed by atoms with Crippen molar-refractivity contribution in [2.75, 3.05) is 0 Å². The third kappa shape index (κ3) is 2.33. The molecule has 0 radical (unpaired) electrons. The van der Waals surface area contributed by atoms with E-state index in [1.807, 2.05) is 28.7 Å². The molecular weight excluding hydrogens is 318 g/mol. The van der Waals surface area contributed by atoms with Crippen molar-refractivity contribution in [2.24, 2.45) is 0 Å². The Labute approximate surface area is 98.8 Å². The van der Waals surface area contributed by atoms with E-state index >= 15 is 0 Å². The van der Waals surface area contributed by atoms with Gasteiger partial charge in [-0.2, -0.15) is 5.26 Å². The Kier molecular flexibility index (Phi) is 3.66. The van der Waals surface area contributed by atoms with Crippen molar-refractivity contribution in [1.29, 1.82) is 5.26 Å². The molecule has 6 heteroatoms. The monoisotopic (exact) mass is 322 g/mol. The molecule has 0 atom stereocenters. The van der Waals surface area contributed by atoms with Gasteiger partial charge in [0.05, 0.1) is 22.4 Å². The lowest BCUT2D eigenvalue weighted by Gasteiger charge is -2.01. The first kappa shape index (κ1) is 11.2. The number of nitro groups is 1. The van der Waals surface area contributed by atoms with E-state index in [4.69, 9.17) is 16.9 Å². The lowest BCUT2D eigenvalue weighted by Crippen LogP contribution is -1.96. The van der Waals surface area contributed by atoms with Crippen LogP contribution in [-0.4, -0.2) is 4.92 Å². The van der Waals surface area contributed by atoms with Crippen LogP contribution in [0.25, 0.3) is 0 Å². The van der Waals surface area contributed by atoms with E-state index in [1.165, 1.54) is 6.07 Å². The normalized spacial score (nSPS) is 9.50. The van der Waals surface area contributed by atoms with E-state index in [1.54, 1.807) is 6.07 Å². The number of halogens is 2. The molecule has 0 unspecified atom stereocenters. The van der Waals surface area contributed by atoms with E-state index in [-0.39, 0.29) is 12.1 Å². The smallest absolute Gasteiger partial charge is 0.258 e. The van der Waals surface area contributed by atoms with Crippen LogP contribution in [-0.2, 0) is 6.42 Å². The Bertz CT molecular complexity index is 428. The van der Waals surface area contributed by atoms with Gasteiger partial charge in [0, 0.05) is 15.2 Å². The number of rotatable bonds is 2. The Morgan fingerprint density at radius 1 is 1.64 bits per heavy atom. The highest BCUT2D eigenvalue weighted by atomic mass is 127. The average Bonchev–Trinajstić information content (AvgIpc) is 2.11. The summed E-state index contributed by atoms with van der Waals surface area (Å²) in [6.07, 6.45) is 0.0173. The molecule has 72 valence electrons. The fourth-order valence-corrected chi connectivity index (χ4v) is 1.66. The predicted octanol–water partition coefficient (Wildman–Crippen LogP) is 2.92. The van der Waals surface area contributed by atoms with Gasteiger partial charge in [-0.05, 0) is 28.7 Å². The minimum Gasteiger partial charge on any atom is -0.258 e. The molecule has 14 heavy (non-hydrogen) atoms. The van der Waals surface area contributed by atoms with Crippen molar-refractivity contribution in [3.8, 4) is 6.07 Å². The molecule has 4 nitrogen and oxygen atoms in total. The summed E-state index contributed by atoms with van der Waals surface area (Å²) in [5, 5.41) is 19.4. The van der Waals surface area contributed by atoms with Crippen LogP contribution in [0.4, 0.5) is 5.69 Å². The average molecular weight is 322 g/mol. The first-order chi connectivity index (χ1) is 6.56. The lowest BCUT2D eigenvalue weighted by molar-refractivity contribution is -0.385. The molecule has 0 spiro atoms. The molecule has 0 aliphatic rings. The van der Waals surface area contributed by atoms with Gasteiger partial charge in [0.2, 0.25) is 0 Å². The molecule has 0 aromatic heterocycles. The van der Waals surface area contributed by atoms with E-state index in [0.717, 1.165) is 0 Å². The molecule has 1 aromatic rings. The first-order valence-electron chi connectivity index (χ1n) is 3.55. The highest BCUT2D eigenvalue weighted by Crippen LogP contribution is 2.28. The summed E-state index contributed by atoms with van der Waals surface area (Å²) < 4.78 is 0.708. The Balaban J connectivity index is 3.32. The molecule has 0 amide bonds. The molecule has 0 N–H and O–H groups in total. The number of hydrogen-bond acceptors (Lipinski definition) is 3. The molecule has 1 rings (SSSR count). The summed E-state index contributed by atoms with van der Waals surface area (Å²) in [5.41, 5.74) is 0.295. The zero-order valence-corrected chi connectivity index (χ0v) is 9.74. The van der Waals surface area contributed by atoms with Crippen LogP contribution >= 0.6 is 34.2 Å². The standard InChI is InChI=1S/C8H4ClIN2O2/c9-6-4-8(12(13)14)5(1-2-11)3-7(6)10/h3-4H,1H2. The van der Waals surface area contributed by atoms with Gasteiger partial charge in [-0.1, -0.05) is 11.6 Å². The Hall–Kier alpha value is -0.870. The minimum atomic E-state index is -0.533. The fourth-order valence-electron chi connectivity index (χ4n) is 0.974. The van der Waals surface area contributed by atoms with Gasteiger partial charge in [-0.25, -0.2) is 0 Å². The molecule has 0 bridgehead atoms. The third-order valence-electron chi connectivity index (χ3n) is 1.59. The van der Waals surface area contributed by atoms with E-state index in [0.29, 0.717) is 14.2 Å². The highest BCUT2D eigenvalue weighted by molar-refractivity contribution is 14.1. The summed E-state index contributed by atoms with van der Waals surface area (Å²) in [4.78, 5) is 10.1.